The van der Waals surface area contributed by atoms with Crippen LogP contribution in [0.1, 0.15) is 64.2 Å². The molecule has 3 aliphatic rings. The summed E-state index contributed by atoms with van der Waals surface area (Å²) < 4.78 is 4.94. The Labute approximate surface area is 199 Å². The fraction of sp³-hybridized carbons (Fsp3) is 0.600. The van der Waals surface area contributed by atoms with Gasteiger partial charge in [-0.25, -0.2) is 0 Å². The Morgan fingerprint density at radius 1 is 0.435 bits per heavy atom. The normalized spacial score (nSPS) is 21.9. The summed E-state index contributed by atoms with van der Waals surface area (Å²) in [7, 11) is 0. The minimum Gasteiger partial charge on any atom is -0.381 e. The maximum atomic E-state index is 4.94. The van der Waals surface area contributed by atoms with Crippen molar-refractivity contribution in [1.29, 1.82) is 0 Å². The van der Waals surface area contributed by atoms with Crippen molar-refractivity contribution in [3.05, 3.63) is 51.4 Å². The number of hydrogen-bond acceptors (Lipinski definition) is 1. The van der Waals surface area contributed by atoms with Crippen molar-refractivity contribution in [2.45, 2.75) is 64.2 Å². The van der Waals surface area contributed by atoms with E-state index in [0.717, 1.165) is 13.2 Å². The van der Waals surface area contributed by atoms with Crippen LogP contribution in [0.4, 0.5) is 0 Å². The second-order valence-electron chi connectivity index (χ2n) is 5.51. The first-order valence-electron chi connectivity index (χ1n) is 8.68. The fourth-order valence-corrected chi connectivity index (χ4v) is 2.22. The molecule has 0 atom stereocenters. The molecule has 2 aliphatic carbocycles. The molecule has 2 saturated carbocycles. The molecule has 0 unspecified atom stereocenters. The standard InChI is InChI=1S/2C8H12.C4H8O.Co.K/c2*1-2-4-6-8-7-5-3-1;1-2-4-5-3-1;;/h2*1-2,7-8H,3-6H2;1-4H2;;/q;;;;+1. The third kappa shape index (κ3) is 22.1. The first kappa shape index (κ1) is 27.3. The summed E-state index contributed by atoms with van der Waals surface area (Å²) >= 11 is 0. The molecular weight excluding hydrogens is 354 g/mol. The van der Waals surface area contributed by atoms with Crippen molar-refractivity contribution < 1.29 is 72.9 Å². The summed E-state index contributed by atoms with van der Waals surface area (Å²) in [5, 5.41) is 0. The predicted molar refractivity (Wildman–Crippen MR) is 91.4 cm³/mol. The van der Waals surface area contributed by atoms with Gasteiger partial charge in [-0.1, -0.05) is 0 Å². The van der Waals surface area contributed by atoms with Crippen LogP contribution in [-0.2, 0) is 21.5 Å². The van der Waals surface area contributed by atoms with Gasteiger partial charge in [0.25, 0.3) is 0 Å². The Bertz CT molecular complexity index is 126. The van der Waals surface area contributed by atoms with Gasteiger partial charge in [-0.3, -0.25) is 0 Å². The van der Waals surface area contributed by atoms with Gasteiger partial charge in [0.1, 0.15) is 0 Å². The van der Waals surface area contributed by atoms with Crippen LogP contribution < -0.4 is 51.4 Å². The second-order valence-corrected chi connectivity index (χ2v) is 5.51. The van der Waals surface area contributed by atoms with Gasteiger partial charge in [-0.15, -0.1) is 0 Å². The van der Waals surface area contributed by atoms with Gasteiger partial charge in [0.2, 0.25) is 0 Å². The first-order chi connectivity index (χ1) is 10.5. The topological polar surface area (TPSA) is 9.23 Å². The van der Waals surface area contributed by atoms with E-state index < -0.39 is 0 Å². The molecule has 3 heteroatoms. The molecule has 23 heavy (non-hydrogen) atoms. The van der Waals surface area contributed by atoms with E-state index in [2.05, 4.69) is 51.4 Å². The van der Waals surface area contributed by atoms with E-state index in [1.165, 1.54) is 64.2 Å². The largest absolute Gasteiger partial charge is 1.00 e. The molecule has 0 aromatic carbocycles. The molecule has 0 amide bonds. The van der Waals surface area contributed by atoms with Gasteiger partial charge < -0.3 is 4.74 Å². The van der Waals surface area contributed by atoms with Crippen LogP contribution in [0.2, 0.25) is 0 Å². The van der Waals surface area contributed by atoms with Gasteiger partial charge in [-0.2, -0.15) is 0 Å². The molecule has 1 saturated heterocycles. The molecule has 1 nitrogen and oxygen atoms in total. The van der Waals surface area contributed by atoms with Gasteiger partial charge in [-0.05, 0) is 116 Å². The average molecular weight is 387 g/mol. The van der Waals surface area contributed by atoms with Crippen molar-refractivity contribution in [1.82, 2.24) is 0 Å². The molecule has 127 valence electrons. The summed E-state index contributed by atoms with van der Waals surface area (Å²) in [6.45, 7) is 2.00. The van der Waals surface area contributed by atoms with Crippen LogP contribution >= 0.6 is 0 Å². The van der Waals surface area contributed by atoms with Crippen molar-refractivity contribution in [3.63, 3.8) is 0 Å². The molecule has 1 heterocycles. The maximum Gasteiger partial charge on any atom is 1.00 e. The Morgan fingerprint density at radius 2 is 0.652 bits per heavy atom. The molecule has 0 N–H and O–H groups in total. The van der Waals surface area contributed by atoms with E-state index in [1.54, 1.807) is 0 Å². The minimum absolute atomic E-state index is 0. The Hall–Kier alpha value is 2.10. The quantitative estimate of drug-likeness (QED) is 0.582. The smallest absolute Gasteiger partial charge is 0.381 e. The van der Waals surface area contributed by atoms with Gasteiger partial charge in [0.15, 0.2) is 0 Å². The molecule has 1 aliphatic heterocycles. The summed E-state index contributed by atoms with van der Waals surface area (Å²) in [4.78, 5) is 0. The second kappa shape index (κ2) is 24.1. The third-order valence-corrected chi connectivity index (χ3v) is 3.49. The van der Waals surface area contributed by atoms with E-state index in [-0.39, 0.29) is 68.2 Å². The van der Waals surface area contributed by atoms with E-state index >= 15 is 0 Å². The van der Waals surface area contributed by atoms with Crippen LogP contribution in [-0.4, -0.2) is 13.2 Å². The zero-order chi connectivity index (χ0) is 14.8. The van der Waals surface area contributed by atoms with Gasteiger partial charge >= 0.3 is 51.4 Å². The van der Waals surface area contributed by atoms with Crippen molar-refractivity contribution in [3.8, 4) is 0 Å². The summed E-state index contributed by atoms with van der Waals surface area (Å²) in [6.07, 6.45) is 30.6. The van der Waals surface area contributed by atoms with E-state index in [0.29, 0.717) is 0 Å². The SMILES string of the molecule is C1CCOC1.[CH]1[CH]CC[CH][CH]CC1.[CH]1[CH]CC[CH][CH]CC1.[Co].[K+]. The van der Waals surface area contributed by atoms with Gasteiger partial charge in [0, 0.05) is 30.0 Å². The molecule has 9 radical (unpaired) electrons. The molecule has 3 fully saturated rings. The summed E-state index contributed by atoms with van der Waals surface area (Å²) in [5.74, 6) is 0. The van der Waals surface area contributed by atoms with Crippen LogP contribution in [0.5, 0.6) is 0 Å². The summed E-state index contributed by atoms with van der Waals surface area (Å²) in [5.41, 5.74) is 0. The number of ether oxygens (including phenoxy) is 1. The van der Waals surface area contributed by atoms with Crippen molar-refractivity contribution >= 4 is 0 Å². The maximum absolute atomic E-state index is 4.94. The predicted octanol–water partition coefficient (Wildman–Crippen LogP) is 2.55. The van der Waals surface area contributed by atoms with E-state index in [1.807, 2.05) is 0 Å². The molecule has 3 rings (SSSR count). The molecular formula is C20H32CoKO+. The van der Waals surface area contributed by atoms with Crippen molar-refractivity contribution in [2.75, 3.05) is 13.2 Å². The van der Waals surface area contributed by atoms with Crippen LogP contribution in [0.25, 0.3) is 0 Å². The zero-order valence-corrected chi connectivity index (χ0v) is 19.0. The molecule has 0 spiro atoms. The Balaban J connectivity index is 0. The van der Waals surface area contributed by atoms with Crippen LogP contribution in [0.15, 0.2) is 0 Å². The van der Waals surface area contributed by atoms with Gasteiger partial charge in [0.05, 0.1) is 0 Å². The minimum atomic E-state index is 0. The van der Waals surface area contributed by atoms with Crippen LogP contribution in [0, 0.1) is 51.4 Å². The third-order valence-electron chi connectivity index (χ3n) is 3.49. The Kier molecular flexibility index (Phi) is 28.6. The van der Waals surface area contributed by atoms with Crippen LogP contribution in [0.3, 0.4) is 0 Å². The van der Waals surface area contributed by atoms with Crippen molar-refractivity contribution in [2.24, 2.45) is 0 Å². The average Bonchev–Trinajstić information content (AvgIpc) is 2.96. The Morgan fingerprint density at radius 3 is 0.783 bits per heavy atom. The van der Waals surface area contributed by atoms with E-state index in [4.69, 9.17) is 4.74 Å². The monoisotopic (exact) mass is 386 g/mol. The molecule has 0 bridgehead atoms. The first-order valence-corrected chi connectivity index (χ1v) is 8.68. The molecule has 0 aromatic rings. The molecule has 0 aromatic heterocycles. The number of hydrogen-bond donors (Lipinski definition) is 0. The summed E-state index contributed by atoms with van der Waals surface area (Å²) in [6, 6.07) is 0. The van der Waals surface area contributed by atoms with E-state index in [9.17, 15) is 0 Å². The zero-order valence-electron chi connectivity index (χ0n) is 14.8. The fourth-order valence-electron chi connectivity index (χ4n) is 2.22. The number of rotatable bonds is 0.